The summed E-state index contributed by atoms with van der Waals surface area (Å²) in [6.45, 7) is 2.89. The molecule has 2 aromatic rings. The molecule has 1 aliphatic rings. The van der Waals surface area contributed by atoms with Gasteiger partial charge in [0.15, 0.2) is 0 Å². The third-order valence-corrected chi connectivity index (χ3v) is 4.70. The minimum Gasteiger partial charge on any atom is -0.372 e. The number of carbonyl (C=O) groups is 1. The summed E-state index contributed by atoms with van der Waals surface area (Å²) in [7, 11) is 0. The number of anilines is 1. The first-order chi connectivity index (χ1) is 11.2. The highest BCUT2D eigenvalue weighted by atomic mass is 79.9. The maximum absolute atomic E-state index is 12.0. The van der Waals surface area contributed by atoms with Crippen molar-refractivity contribution >= 4 is 27.5 Å². The Balaban J connectivity index is 1.49. The normalized spacial score (nSPS) is 14.0. The zero-order valence-corrected chi connectivity index (χ0v) is 14.7. The highest BCUT2D eigenvalue weighted by Crippen LogP contribution is 2.20. The maximum atomic E-state index is 12.0. The van der Waals surface area contributed by atoms with Crippen molar-refractivity contribution in [2.75, 3.05) is 18.0 Å². The Bertz CT molecular complexity index is 646. The number of nitrogens with zero attached hydrogens (tertiary/aromatic N) is 1. The van der Waals surface area contributed by atoms with Crippen LogP contribution in [0.15, 0.2) is 53.0 Å². The molecular weight excluding hydrogens is 352 g/mol. The largest absolute Gasteiger partial charge is 0.372 e. The summed E-state index contributed by atoms with van der Waals surface area (Å²) < 4.78 is 1.03. The summed E-state index contributed by atoms with van der Waals surface area (Å²) in [6, 6.07) is 16.4. The van der Waals surface area contributed by atoms with Crippen molar-refractivity contribution in [1.82, 2.24) is 5.32 Å². The first-order valence-corrected chi connectivity index (χ1v) is 8.85. The third-order valence-electron chi connectivity index (χ3n) is 4.18. The number of hydrogen-bond donors (Lipinski definition) is 1. The smallest absolute Gasteiger partial charge is 0.224 e. The van der Waals surface area contributed by atoms with Crippen molar-refractivity contribution in [3.05, 3.63) is 64.1 Å². The molecule has 0 spiro atoms. The highest BCUT2D eigenvalue weighted by Gasteiger charge is 2.11. The van der Waals surface area contributed by atoms with Gasteiger partial charge in [-0.25, -0.2) is 0 Å². The van der Waals surface area contributed by atoms with Crippen molar-refractivity contribution in [3.8, 4) is 0 Å². The fraction of sp³-hybridized carbons (Fsp3) is 0.316. The Hall–Kier alpha value is -1.81. The number of nitrogens with one attached hydrogen (secondary N) is 1. The van der Waals surface area contributed by atoms with Crippen molar-refractivity contribution in [2.24, 2.45) is 0 Å². The van der Waals surface area contributed by atoms with E-state index in [2.05, 4.69) is 50.4 Å². The van der Waals surface area contributed by atoms with E-state index in [4.69, 9.17) is 0 Å². The number of halogens is 1. The SMILES string of the molecule is O=C(Cc1ccc(Br)cc1)NCc1ccc(N2CCCC2)cc1. The van der Waals surface area contributed by atoms with Gasteiger partial charge in [0, 0.05) is 29.8 Å². The molecule has 4 heteroatoms. The third kappa shape index (κ3) is 4.58. The van der Waals surface area contributed by atoms with Crippen LogP contribution in [0.3, 0.4) is 0 Å². The summed E-state index contributed by atoms with van der Waals surface area (Å²) in [5, 5.41) is 2.99. The molecule has 0 saturated carbocycles. The predicted molar refractivity (Wildman–Crippen MR) is 97.6 cm³/mol. The van der Waals surface area contributed by atoms with E-state index >= 15 is 0 Å². The van der Waals surface area contributed by atoms with Gasteiger partial charge in [0.1, 0.15) is 0 Å². The topological polar surface area (TPSA) is 32.3 Å². The molecule has 0 aliphatic carbocycles. The summed E-state index contributed by atoms with van der Waals surface area (Å²) in [6.07, 6.45) is 2.99. The predicted octanol–water partition coefficient (Wildman–Crippen LogP) is 3.91. The van der Waals surface area contributed by atoms with Gasteiger partial charge < -0.3 is 10.2 Å². The quantitative estimate of drug-likeness (QED) is 0.862. The first-order valence-electron chi connectivity index (χ1n) is 8.06. The molecular formula is C19H21BrN2O. The minimum atomic E-state index is 0.0518. The van der Waals surface area contributed by atoms with E-state index in [9.17, 15) is 4.79 Å². The van der Waals surface area contributed by atoms with Crippen LogP contribution in [-0.2, 0) is 17.8 Å². The Morgan fingerprint density at radius 3 is 2.22 bits per heavy atom. The van der Waals surface area contributed by atoms with Crippen LogP contribution in [0.2, 0.25) is 0 Å². The number of carbonyl (C=O) groups excluding carboxylic acids is 1. The Labute approximate surface area is 145 Å². The molecule has 2 aromatic carbocycles. The van der Waals surface area contributed by atoms with Gasteiger partial charge in [-0.15, -0.1) is 0 Å². The second kappa shape index (κ2) is 7.64. The fourth-order valence-corrected chi connectivity index (χ4v) is 3.12. The van der Waals surface area contributed by atoms with Crippen LogP contribution in [0.5, 0.6) is 0 Å². The Kier molecular flexibility index (Phi) is 5.34. The van der Waals surface area contributed by atoms with E-state index in [-0.39, 0.29) is 5.91 Å². The number of benzene rings is 2. The molecule has 0 radical (unpaired) electrons. The first kappa shape index (κ1) is 16.1. The Morgan fingerprint density at radius 1 is 0.957 bits per heavy atom. The molecule has 0 bridgehead atoms. The molecule has 1 N–H and O–H groups in total. The minimum absolute atomic E-state index is 0.0518. The zero-order valence-electron chi connectivity index (χ0n) is 13.1. The van der Waals surface area contributed by atoms with Gasteiger partial charge in [-0.2, -0.15) is 0 Å². The van der Waals surface area contributed by atoms with Gasteiger partial charge in [0.2, 0.25) is 5.91 Å². The molecule has 1 amide bonds. The van der Waals surface area contributed by atoms with Gasteiger partial charge in [-0.05, 0) is 48.2 Å². The molecule has 120 valence electrons. The summed E-state index contributed by atoms with van der Waals surface area (Å²) in [5.41, 5.74) is 3.44. The second-order valence-electron chi connectivity index (χ2n) is 5.94. The number of hydrogen-bond acceptors (Lipinski definition) is 2. The zero-order chi connectivity index (χ0) is 16.1. The molecule has 1 saturated heterocycles. The highest BCUT2D eigenvalue weighted by molar-refractivity contribution is 9.10. The van der Waals surface area contributed by atoms with E-state index in [1.54, 1.807) is 0 Å². The molecule has 0 aromatic heterocycles. The lowest BCUT2D eigenvalue weighted by Crippen LogP contribution is -2.24. The van der Waals surface area contributed by atoms with Crippen LogP contribution in [0.1, 0.15) is 24.0 Å². The monoisotopic (exact) mass is 372 g/mol. The van der Waals surface area contributed by atoms with Crippen molar-refractivity contribution < 1.29 is 4.79 Å². The van der Waals surface area contributed by atoms with Gasteiger partial charge in [-0.3, -0.25) is 4.79 Å². The number of amides is 1. The van der Waals surface area contributed by atoms with Crippen LogP contribution >= 0.6 is 15.9 Å². The lowest BCUT2D eigenvalue weighted by Gasteiger charge is -2.17. The van der Waals surface area contributed by atoms with E-state index in [0.29, 0.717) is 13.0 Å². The molecule has 3 rings (SSSR count). The average molecular weight is 373 g/mol. The van der Waals surface area contributed by atoms with Crippen LogP contribution < -0.4 is 10.2 Å². The summed E-state index contributed by atoms with van der Waals surface area (Å²) in [4.78, 5) is 14.4. The molecule has 1 aliphatic heterocycles. The molecule has 1 fully saturated rings. The van der Waals surface area contributed by atoms with E-state index in [0.717, 1.165) is 28.7 Å². The molecule has 3 nitrogen and oxygen atoms in total. The van der Waals surface area contributed by atoms with E-state index in [1.165, 1.54) is 18.5 Å². The molecule has 0 atom stereocenters. The number of rotatable bonds is 5. The lowest BCUT2D eigenvalue weighted by atomic mass is 10.1. The maximum Gasteiger partial charge on any atom is 0.224 e. The van der Waals surface area contributed by atoms with Crippen LogP contribution in [-0.4, -0.2) is 19.0 Å². The van der Waals surface area contributed by atoms with Crippen molar-refractivity contribution in [1.29, 1.82) is 0 Å². The summed E-state index contributed by atoms with van der Waals surface area (Å²) >= 11 is 3.40. The molecule has 23 heavy (non-hydrogen) atoms. The van der Waals surface area contributed by atoms with Crippen LogP contribution in [0, 0.1) is 0 Å². The van der Waals surface area contributed by atoms with Crippen molar-refractivity contribution in [2.45, 2.75) is 25.8 Å². The van der Waals surface area contributed by atoms with Crippen LogP contribution in [0.25, 0.3) is 0 Å². The van der Waals surface area contributed by atoms with Crippen LogP contribution in [0.4, 0.5) is 5.69 Å². The van der Waals surface area contributed by atoms with Crippen molar-refractivity contribution in [3.63, 3.8) is 0 Å². The average Bonchev–Trinajstić information content (AvgIpc) is 3.10. The Morgan fingerprint density at radius 2 is 1.57 bits per heavy atom. The molecule has 0 unspecified atom stereocenters. The van der Waals surface area contributed by atoms with E-state index < -0.39 is 0 Å². The fourth-order valence-electron chi connectivity index (χ4n) is 2.85. The standard InChI is InChI=1S/C19H21BrN2O/c20-17-7-3-15(4-8-17)13-19(23)21-14-16-5-9-18(10-6-16)22-11-1-2-12-22/h3-10H,1-2,11-14H2,(H,21,23). The van der Waals surface area contributed by atoms with Gasteiger partial charge in [0.05, 0.1) is 6.42 Å². The lowest BCUT2D eigenvalue weighted by molar-refractivity contribution is -0.120. The van der Waals surface area contributed by atoms with E-state index in [1.807, 2.05) is 24.3 Å². The second-order valence-corrected chi connectivity index (χ2v) is 6.86. The van der Waals surface area contributed by atoms with Gasteiger partial charge in [-0.1, -0.05) is 40.2 Å². The molecule has 1 heterocycles. The van der Waals surface area contributed by atoms with Gasteiger partial charge >= 0.3 is 0 Å². The van der Waals surface area contributed by atoms with Gasteiger partial charge in [0.25, 0.3) is 0 Å². The summed E-state index contributed by atoms with van der Waals surface area (Å²) in [5.74, 6) is 0.0518.